The fourth-order valence-corrected chi connectivity index (χ4v) is 7.11. The molecule has 0 radical (unpaired) electrons. The maximum Gasteiger partial charge on any atom is 0.167 e. The topological polar surface area (TPSA) is 65.0 Å². The molecule has 5 heteroatoms. The van der Waals surface area contributed by atoms with Crippen LogP contribution in [0.2, 0.25) is 0 Å². The minimum Gasteiger partial charge on any atom is -0.456 e. The molecule has 5 nitrogen and oxygen atoms in total. The van der Waals surface area contributed by atoms with E-state index in [0.717, 1.165) is 82.8 Å². The molecule has 0 saturated heterocycles. The summed E-state index contributed by atoms with van der Waals surface area (Å²) in [7, 11) is 0. The van der Waals surface area contributed by atoms with Gasteiger partial charge in [0.05, 0.1) is 5.56 Å². The number of rotatable bonds is 5. The van der Waals surface area contributed by atoms with Crippen molar-refractivity contribution in [3.05, 3.63) is 164 Å². The van der Waals surface area contributed by atoms with Crippen molar-refractivity contribution in [1.82, 2.24) is 15.0 Å². The van der Waals surface area contributed by atoms with Gasteiger partial charge in [-0.15, -0.1) is 0 Å². The second-order valence-electron chi connectivity index (χ2n) is 12.3. The van der Waals surface area contributed by atoms with Crippen LogP contribution in [0, 0.1) is 0 Å². The molecule has 10 rings (SSSR count). The molecule has 0 unspecified atom stereocenters. The molecule has 234 valence electrons. The van der Waals surface area contributed by atoms with Gasteiger partial charge in [0, 0.05) is 32.7 Å². The molecule has 0 bridgehead atoms. The minimum absolute atomic E-state index is 0.552. The Kier molecular flexibility index (Phi) is 6.42. The average Bonchev–Trinajstić information content (AvgIpc) is 3.77. The predicted octanol–water partition coefficient (Wildman–Crippen LogP) is 12.0. The molecule has 0 amide bonds. The van der Waals surface area contributed by atoms with Crippen molar-refractivity contribution in [2.24, 2.45) is 0 Å². The maximum absolute atomic E-state index is 6.74. The summed E-state index contributed by atoms with van der Waals surface area (Å²) in [5.41, 5.74) is 10.3. The molecule has 0 aliphatic heterocycles. The molecule has 0 saturated carbocycles. The maximum atomic E-state index is 6.74. The Bertz CT molecular complexity index is 2810. The highest BCUT2D eigenvalue weighted by molar-refractivity contribution is 6.19. The van der Waals surface area contributed by atoms with Gasteiger partial charge in [0.1, 0.15) is 22.3 Å². The molecular formula is C45H27N3O2. The van der Waals surface area contributed by atoms with Gasteiger partial charge < -0.3 is 8.83 Å². The van der Waals surface area contributed by atoms with Gasteiger partial charge in [0.25, 0.3) is 0 Å². The van der Waals surface area contributed by atoms with E-state index in [0.29, 0.717) is 17.5 Å². The van der Waals surface area contributed by atoms with Gasteiger partial charge in [-0.25, -0.2) is 15.0 Å². The van der Waals surface area contributed by atoms with E-state index in [1.165, 1.54) is 0 Å². The number of benzene rings is 7. The molecule has 0 aliphatic carbocycles. The average molecular weight is 642 g/mol. The van der Waals surface area contributed by atoms with Crippen LogP contribution in [-0.2, 0) is 0 Å². The van der Waals surface area contributed by atoms with Crippen LogP contribution in [0.1, 0.15) is 0 Å². The molecular weight excluding hydrogens is 615 g/mol. The Labute approximate surface area is 287 Å². The second-order valence-corrected chi connectivity index (χ2v) is 12.3. The highest BCUT2D eigenvalue weighted by Crippen LogP contribution is 2.46. The van der Waals surface area contributed by atoms with Crippen LogP contribution in [0.3, 0.4) is 0 Å². The molecule has 0 aliphatic rings. The van der Waals surface area contributed by atoms with E-state index in [9.17, 15) is 0 Å². The van der Waals surface area contributed by atoms with Gasteiger partial charge in [-0.1, -0.05) is 140 Å². The summed E-state index contributed by atoms with van der Waals surface area (Å²) >= 11 is 0. The lowest BCUT2D eigenvalue weighted by atomic mass is 9.89. The summed E-state index contributed by atoms with van der Waals surface area (Å²) in [6.45, 7) is 0. The van der Waals surface area contributed by atoms with Gasteiger partial charge in [-0.2, -0.15) is 0 Å². The molecule has 0 N–H and O–H groups in total. The standard InChI is InChI=1S/C45H27N3O2/c1-3-14-28(15-4-1)43-46-44(29-16-5-2-6-17-29)48-45(47-43)36-27-26-33(41-35-21-10-12-24-38(35)50-42(36)41)31-19-8-7-18-30(31)32-22-13-25-39-40(32)34-20-9-11-23-37(34)49-39/h1-27H. The molecule has 0 spiro atoms. The van der Waals surface area contributed by atoms with E-state index in [1.54, 1.807) is 0 Å². The van der Waals surface area contributed by atoms with Gasteiger partial charge in [-0.3, -0.25) is 0 Å². The lowest BCUT2D eigenvalue weighted by molar-refractivity contribution is 0.669. The number of fused-ring (bicyclic) bond motifs is 6. The van der Waals surface area contributed by atoms with Crippen LogP contribution in [0.15, 0.2) is 173 Å². The summed E-state index contributed by atoms with van der Waals surface area (Å²) in [6.07, 6.45) is 0. The van der Waals surface area contributed by atoms with E-state index < -0.39 is 0 Å². The lowest BCUT2D eigenvalue weighted by Gasteiger charge is -2.14. The molecule has 0 atom stereocenters. The smallest absolute Gasteiger partial charge is 0.167 e. The third-order valence-electron chi connectivity index (χ3n) is 9.38. The van der Waals surface area contributed by atoms with Crippen molar-refractivity contribution in [3.8, 4) is 56.4 Å². The zero-order valence-corrected chi connectivity index (χ0v) is 26.7. The first-order valence-corrected chi connectivity index (χ1v) is 16.6. The summed E-state index contributed by atoms with van der Waals surface area (Å²) in [4.78, 5) is 15.0. The van der Waals surface area contributed by atoms with Crippen molar-refractivity contribution >= 4 is 43.9 Å². The van der Waals surface area contributed by atoms with E-state index in [2.05, 4.69) is 72.8 Å². The molecule has 0 fully saturated rings. The Morgan fingerprint density at radius 2 is 0.760 bits per heavy atom. The van der Waals surface area contributed by atoms with Crippen LogP contribution in [0.5, 0.6) is 0 Å². The molecule has 3 aromatic heterocycles. The SMILES string of the molecule is c1ccc(-c2nc(-c3ccccc3)nc(-c3ccc(-c4ccccc4-c4cccc5oc6ccccc6c45)c4c3oc3ccccc34)n2)cc1. The number of furan rings is 2. The van der Waals surface area contributed by atoms with Gasteiger partial charge >= 0.3 is 0 Å². The fourth-order valence-electron chi connectivity index (χ4n) is 7.11. The Hall–Kier alpha value is -6.85. The Morgan fingerprint density at radius 3 is 1.42 bits per heavy atom. The summed E-state index contributed by atoms with van der Waals surface area (Å²) in [5, 5.41) is 4.24. The third kappa shape index (κ3) is 4.52. The fraction of sp³-hybridized carbons (Fsp3) is 0. The van der Waals surface area contributed by atoms with E-state index in [1.807, 2.05) is 91.0 Å². The molecule has 7 aromatic carbocycles. The van der Waals surface area contributed by atoms with Crippen LogP contribution in [0.25, 0.3) is 100 Å². The zero-order chi connectivity index (χ0) is 33.0. The van der Waals surface area contributed by atoms with E-state index >= 15 is 0 Å². The third-order valence-corrected chi connectivity index (χ3v) is 9.38. The number of hydrogen-bond donors (Lipinski definition) is 0. The van der Waals surface area contributed by atoms with E-state index in [4.69, 9.17) is 23.8 Å². The summed E-state index contributed by atoms with van der Waals surface area (Å²) in [5.74, 6) is 1.76. The summed E-state index contributed by atoms with van der Waals surface area (Å²) in [6, 6.07) is 55.6. The quantitative estimate of drug-likeness (QED) is 0.187. The van der Waals surface area contributed by atoms with Crippen LogP contribution in [0.4, 0.5) is 0 Å². The highest BCUT2D eigenvalue weighted by atomic mass is 16.3. The van der Waals surface area contributed by atoms with Gasteiger partial charge in [0.15, 0.2) is 17.5 Å². The van der Waals surface area contributed by atoms with Crippen LogP contribution < -0.4 is 0 Å². The summed E-state index contributed by atoms with van der Waals surface area (Å²) < 4.78 is 13.0. The minimum atomic E-state index is 0.552. The Morgan fingerprint density at radius 1 is 0.300 bits per heavy atom. The number of nitrogens with zero attached hydrogens (tertiary/aromatic N) is 3. The normalized spacial score (nSPS) is 11.6. The van der Waals surface area contributed by atoms with Crippen molar-refractivity contribution in [2.45, 2.75) is 0 Å². The first kappa shape index (κ1) is 28.2. The molecule has 50 heavy (non-hydrogen) atoms. The molecule has 3 heterocycles. The number of aromatic nitrogens is 3. The van der Waals surface area contributed by atoms with Gasteiger partial charge in [0.2, 0.25) is 0 Å². The van der Waals surface area contributed by atoms with Crippen molar-refractivity contribution < 1.29 is 8.83 Å². The second kappa shape index (κ2) is 11.4. The van der Waals surface area contributed by atoms with Gasteiger partial charge in [-0.05, 0) is 46.5 Å². The zero-order valence-electron chi connectivity index (χ0n) is 26.7. The Balaban J connectivity index is 1.24. The monoisotopic (exact) mass is 641 g/mol. The van der Waals surface area contributed by atoms with Crippen LogP contribution in [-0.4, -0.2) is 15.0 Å². The lowest BCUT2D eigenvalue weighted by Crippen LogP contribution is -2.00. The highest BCUT2D eigenvalue weighted by Gasteiger charge is 2.23. The van der Waals surface area contributed by atoms with Crippen molar-refractivity contribution in [3.63, 3.8) is 0 Å². The van der Waals surface area contributed by atoms with Crippen molar-refractivity contribution in [2.75, 3.05) is 0 Å². The van der Waals surface area contributed by atoms with Crippen molar-refractivity contribution in [1.29, 1.82) is 0 Å². The van der Waals surface area contributed by atoms with E-state index in [-0.39, 0.29) is 0 Å². The predicted molar refractivity (Wildman–Crippen MR) is 202 cm³/mol. The van der Waals surface area contributed by atoms with Crippen LogP contribution >= 0.6 is 0 Å². The first-order chi connectivity index (χ1) is 24.8. The largest absolute Gasteiger partial charge is 0.456 e. The first-order valence-electron chi connectivity index (χ1n) is 16.6. The molecule has 10 aromatic rings. The number of para-hydroxylation sites is 2. The number of hydrogen-bond acceptors (Lipinski definition) is 5.